The van der Waals surface area contributed by atoms with Gasteiger partial charge < -0.3 is 9.64 Å². The molecule has 0 aliphatic rings. The summed E-state index contributed by atoms with van der Waals surface area (Å²) >= 11 is 1.70. The lowest BCUT2D eigenvalue weighted by Gasteiger charge is -2.16. The first-order chi connectivity index (χ1) is 8.58. The standard InChI is InChI=1S/C13H17NO3S/c1-14(8-12(15)17-2)13(16)11-6-4-5-10(7-11)9-18-3/h4-7H,8-9H2,1-3H3. The summed E-state index contributed by atoms with van der Waals surface area (Å²) in [6.45, 7) is -0.0396. The molecule has 0 N–H and O–H groups in total. The molecule has 0 saturated heterocycles. The Morgan fingerprint density at radius 1 is 1.39 bits per heavy atom. The maximum absolute atomic E-state index is 12.1. The minimum absolute atomic E-state index is 0.0396. The SMILES string of the molecule is COC(=O)CN(C)C(=O)c1cccc(CSC)c1. The number of benzene rings is 1. The van der Waals surface area contributed by atoms with E-state index in [1.54, 1.807) is 24.9 Å². The largest absolute Gasteiger partial charge is 0.468 e. The molecule has 4 nitrogen and oxygen atoms in total. The van der Waals surface area contributed by atoms with Crippen LogP contribution in [0.2, 0.25) is 0 Å². The fourth-order valence-corrected chi connectivity index (χ4v) is 2.02. The summed E-state index contributed by atoms with van der Waals surface area (Å²) in [6, 6.07) is 7.44. The summed E-state index contributed by atoms with van der Waals surface area (Å²) in [5, 5.41) is 0. The van der Waals surface area contributed by atoms with Crippen molar-refractivity contribution in [1.82, 2.24) is 4.90 Å². The number of thioether (sulfide) groups is 1. The van der Waals surface area contributed by atoms with Crippen molar-refractivity contribution in [2.75, 3.05) is 27.0 Å². The van der Waals surface area contributed by atoms with Crippen molar-refractivity contribution in [3.05, 3.63) is 35.4 Å². The Morgan fingerprint density at radius 2 is 2.11 bits per heavy atom. The van der Waals surface area contributed by atoms with Crippen LogP contribution in [0.4, 0.5) is 0 Å². The lowest BCUT2D eigenvalue weighted by Crippen LogP contribution is -2.32. The smallest absolute Gasteiger partial charge is 0.325 e. The zero-order chi connectivity index (χ0) is 13.5. The van der Waals surface area contributed by atoms with Crippen LogP contribution in [0.3, 0.4) is 0 Å². The number of rotatable bonds is 5. The molecule has 0 bridgehead atoms. The summed E-state index contributed by atoms with van der Waals surface area (Å²) in [7, 11) is 2.89. The third-order valence-electron chi connectivity index (χ3n) is 2.43. The van der Waals surface area contributed by atoms with E-state index in [0.29, 0.717) is 5.56 Å². The van der Waals surface area contributed by atoms with Crippen LogP contribution in [0.25, 0.3) is 0 Å². The Hall–Kier alpha value is -1.49. The van der Waals surface area contributed by atoms with Gasteiger partial charge in [0, 0.05) is 18.4 Å². The fraction of sp³-hybridized carbons (Fsp3) is 0.385. The topological polar surface area (TPSA) is 46.6 Å². The predicted octanol–water partition coefficient (Wildman–Crippen LogP) is 1.79. The molecule has 0 spiro atoms. The van der Waals surface area contributed by atoms with Crippen molar-refractivity contribution in [2.45, 2.75) is 5.75 Å². The Balaban J connectivity index is 2.76. The lowest BCUT2D eigenvalue weighted by molar-refractivity contribution is -0.141. The third-order valence-corrected chi connectivity index (χ3v) is 3.05. The second-order valence-electron chi connectivity index (χ2n) is 3.87. The van der Waals surface area contributed by atoms with E-state index in [1.165, 1.54) is 12.0 Å². The number of carbonyl (C=O) groups is 2. The first kappa shape index (κ1) is 14.6. The van der Waals surface area contributed by atoms with Gasteiger partial charge in [0.15, 0.2) is 0 Å². The van der Waals surface area contributed by atoms with Gasteiger partial charge in [-0.3, -0.25) is 9.59 Å². The molecule has 1 rings (SSSR count). The average molecular weight is 267 g/mol. The summed E-state index contributed by atoms with van der Waals surface area (Å²) < 4.78 is 4.53. The van der Waals surface area contributed by atoms with E-state index in [0.717, 1.165) is 11.3 Å². The van der Waals surface area contributed by atoms with Crippen molar-refractivity contribution < 1.29 is 14.3 Å². The summed E-state index contributed by atoms with van der Waals surface area (Å²) in [6.07, 6.45) is 2.01. The monoisotopic (exact) mass is 267 g/mol. The molecule has 18 heavy (non-hydrogen) atoms. The second-order valence-corrected chi connectivity index (χ2v) is 4.74. The lowest BCUT2D eigenvalue weighted by atomic mass is 10.1. The van der Waals surface area contributed by atoms with E-state index in [9.17, 15) is 9.59 Å². The highest BCUT2D eigenvalue weighted by Gasteiger charge is 2.15. The molecular formula is C13H17NO3S. The summed E-state index contributed by atoms with van der Waals surface area (Å²) in [5.41, 5.74) is 1.69. The molecule has 5 heteroatoms. The van der Waals surface area contributed by atoms with Crippen LogP contribution >= 0.6 is 11.8 Å². The Kier molecular flexibility index (Phi) is 5.71. The second kappa shape index (κ2) is 7.06. The number of likely N-dealkylation sites (N-methyl/N-ethyl adjacent to an activating group) is 1. The molecule has 0 radical (unpaired) electrons. The summed E-state index contributed by atoms with van der Waals surface area (Å²) in [4.78, 5) is 24.5. The van der Waals surface area contributed by atoms with Gasteiger partial charge in [-0.15, -0.1) is 0 Å². The molecule has 1 amide bonds. The first-order valence-electron chi connectivity index (χ1n) is 5.48. The van der Waals surface area contributed by atoms with Gasteiger partial charge in [0.2, 0.25) is 0 Å². The van der Waals surface area contributed by atoms with Crippen LogP contribution in [-0.4, -0.2) is 43.7 Å². The van der Waals surface area contributed by atoms with Crippen molar-refractivity contribution in [1.29, 1.82) is 0 Å². The van der Waals surface area contributed by atoms with Crippen LogP contribution in [0.15, 0.2) is 24.3 Å². The molecule has 0 aliphatic carbocycles. The third kappa shape index (κ3) is 4.07. The van der Waals surface area contributed by atoms with Crippen LogP contribution in [0.1, 0.15) is 15.9 Å². The van der Waals surface area contributed by atoms with Crippen LogP contribution in [-0.2, 0) is 15.3 Å². The molecule has 0 fully saturated rings. The zero-order valence-corrected chi connectivity index (χ0v) is 11.6. The number of hydrogen-bond acceptors (Lipinski definition) is 4. The van der Waals surface area contributed by atoms with Gasteiger partial charge in [0.05, 0.1) is 7.11 Å². The van der Waals surface area contributed by atoms with E-state index in [1.807, 2.05) is 24.5 Å². The Labute approximate surface area is 111 Å². The van der Waals surface area contributed by atoms with Crippen LogP contribution < -0.4 is 0 Å². The van der Waals surface area contributed by atoms with E-state index in [2.05, 4.69) is 4.74 Å². The number of ether oxygens (including phenoxy) is 1. The number of esters is 1. The van der Waals surface area contributed by atoms with Gasteiger partial charge in [-0.05, 0) is 24.0 Å². The van der Waals surface area contributed by atoms with Crippen LogP contribution in [0.5, 0.6) is 0 Å². The van der Waals surface area contributed by atoms with Gasteiger partial charge in [-0.2, -0.15) is 11.8 Å². The minimum Gasteiger partial charge on any atom is -0.468 e. The fourth-order valence-electron chi connectivity index (χ4n) is 1.51. The van der Waals surface area contributed by atoms with Crippen molar-refractivity contribution in [2.24, 2.45) is 0 Å². The van der Waals surface area contributed by atoms with Gasteiger partial charge in [0.1, 0.15) is 6.54 Å². The number of nitrogens with zero attached hydrogens (tertiary/aromatic N) is 1. The maximum Gasteiger partial charge on any atom is 0.325 e. The maximum atomic E-state index is 12.1. The van der Waals surface area contributed by atoms with E-state index in [4.69, 9.17) is 0 Å². The van der Waals surface area contributed by atoms with Gasteiger partial charge >= 0.3 is 5.97 Å². The quantitative estimate of drug-likeness (QED) is 0.763. The predicted molar refractivity (Wildman–Crippen MR) is 72.6 cm³/mol. The van der Waals surface area contributed by atoms with E-state index in [-0.39, 0.29) is 12.5 Å². The highest BCUT2D eigenvalue weighted by Crippen LogP contribution is 2.12. The normalized spacial score (nSPS) is 9.94. The molecule has 1 aromatic carbocycles. The minimum atomic E-state index is -0.425. The first-order valence-corrected chi connectivity index (χ1v) is 6.88. The number of amides is 1. The van der Waals surface area contributed by atoms with Gasteiger partial charge in [-0.25, -0.2) is 0 Å². The molecule has 0 heterocycles. The zero-order valence-electron chi connectivity index (χ0n) is 10.8. The number of hydrogen-bond donors (Lipinski definition) is 0. The molecule has 98 valence electrons. The highest BCUT2D eigenvalue weighted by molar-refractivity contribution is 7.97. The molecular weight excluding hydrogens is 250 g/mol. The molecule has 0 unspecified atom stereocenters. The van der Waals surface area contributed by atoms with Crippen molar-refractivity contribution >= 4 is 23.6 Å². The van der Waals surface area contributed by atoms with Crippen molar-refractivity contribution in [3.63, 3.8) is 0 Å². The van der Waals surface area contributed by atoms with E-state index >= 15 is 0 Å². The molecule has 0 aromatic heterocycles. The average Bonchev–Trinajstić information content (AvgIpc) is 2.38. The molecule has 0 aliphatic heterocycles. The van der Waals surface area contributed by atoms with E-state index < -0.39 is 5.97 Å². The molecule has 0 atom stereocenters. The molecule has 0 saturated carbocycles. The number of carbonyl (C=O) groups excluding carboxylic acids is 2. The number of methoxy groups -OCH3 is 1. The van der Waals surface area contributed by atoms with Gasteiger partial charge in [-0.1, -0.05) is 12.1 Å². The Morgan fingerprint density at radius 3 is 2.72 bits per heavy atom. The Bertz CT molecular complexity index is 434. The van der Waals surface area contributed by atoms with Gasteiger partial charge in [0.25, 0.3) is 5.91 Å². The molecule has 1 aromatic rings. The summed E-state index contributed by atoms with van der Waals surface area (Å²) in [5.74, 6) is 0.261. The van der Waals surface area contributed by atoms with Crippen LogP contribution in [0, 0.1) is 0 Å². The van der Waals surface area contributed by atoms with Crippen molar-refractivity contribution in [3.8, 4) is 0 Å². The highest BCUT2D eigenvalue weighted by atomic mass is 32.2.